The number of benzene rings is 1. The molecule has 1 amide bonds. The molecule has 4 bridgehead atoms. The van der Waals surface area contributed by atoms with E-state index in [1.165, 1.54) is 38.3 Å². The van der Waals surface area contributed by atoms with Gasteiger partial charge in [0.2, 0.25) is 15.9 Å². The Morgan fingerprint density at radius 2 is 1.64 bits per heavy atom. The van der Waals surface area contributed by atoms with Gasteiger partial charge in [-0.2, -0.15) is 0 Å². The summed E-state index contributed by atoms with van der Waals surface area (Å²) in [5.41, 5.74) is 0.546. The first-order chi connectivity index (χ1) is 13.2. The van der Waals surface area contributed by atoms with Crippen molar-refractivity contribution in [2.75, 3.05) is 11.9 Å². The Hall–Kier alpha value is -1.44. The standard InChI is InChI=1S/C21H30N2O4S/c1-14(27-21-10-16-7-17(11-21)9-18(8-16)12-21)13-22-28(25,26)20-5-3-19(4-6-20)23-15(2)24/h3-6,14,16-18,22H,7-13H2,1-2H3,(H,23,24)/t14-,16?,17?,18?,21?/m1/s1. The summed E-state index contributed by atoms with van der Waals surface area (Å²) in [6, 6.07) is 6.17. The topological polar surface area (TPSA) is 84.5 Å². The molecule has 5 rings (SSSR count). The van der Waals surface area contributed by atoms with Gasteiger partial charge in [0, 0.05) is 19.2 Å². The Labute approximate surface area is 167 Å². The first-order valence-corrected chi connectivity index (χ1v) is 11.8. The lowest BCUT2D eigenvalue weighted by molar-refractivity contribution is -0.182. The van der Waals surface area contributed by atoms with E-state index in [4.69, 9.17) is 4.74 Å². The molecule has 0 heterocycles. The number of amides is 1. The van der Waals surface area contributed by atoms with Crippen molar-refractivity contribution in [3.8, 4) is 0 Å². The molecule has 4 aliphatic rings. The van der Waals surface area contributed by atoms with Crippen LogP contribution < -0.4 is 10.0 Å². The summed E-state index contributed by atoms with van der Waals surface area (Å²) in [5.74, 6) is 2.22. The average molecular weight is 407 g/mol. The number of nitrogens with one attached hydrogen (secondary N) is 2. The van der Waals surface area contributed by atoms with Crippen LogP contribution in [0.1, 0.15) is 52.4 Å². The Morgan fingerprint density at radius 3 is 2.14 bits per heavy atom. The van der Waals surface area contributed by atoms with Crippen LogP contribution in [0.3, 0.4) is 0 Å². The molecule has 154 valence electrons. The first-order valence-electron chi connectivity index (χ1n) is 10.3. The van der Waals surface area contributed by atoms with Crippen LogP contribution in [0.15, 0.2) is 29.2 Å². The monoisotopic (exact) mass is 406 g/mol. The van der Waals surface area contributed by atoms with Gasteiger partial charge < -0.3 is 10.1 Å². The molecular weight excluding hydrogens is 376 g/mol. The molecule has 0 aliphatic heterocycles. The van der Waals surface area contributed by atoms with Gasteiger partial charge in [-0.25, -0.2) is 13.1 Å². The SMILES string of the molecule is CC(=O)Nc1ccc(S(=O)(=O)NC[C@@H](C)OC23CC4CC(CC(C4)C2)C3)cc1. The summed E-state index contributed by atoms with van der Waals surface area (Å²) in [7, 11) is -3.61. The number of rotatable bonds is 7. The first kappa shape index (κ1) is 19.9. The number of hydrogen-bond acceptors (Lipinski definition) is 4. The number of hydrogen-bond donors (Lipinski definition) is 2. The third-order valence-electron chi connectivity index (χ3n) is 6.48. The van der Waals surface area contributed by atoms with Crippen molar-refractivity contribution in [1.82, 2.24) is 4.72 Å². The molecule has 0 spiro atoms. The fourth-order valence-electron chi connectivity index (χ4n) is 5.88. The van der Waals surface area contributed by atoms with Crippen LogP contribution in [-0.2, 0) is 19.6 Å². The molecule has 1 atom stereocenters. The molecule has 28 heavy (non-hydrogen) atoms. The third kappa shape index (κ3) is 4.26. The summed E-state index contributed by atoms with van der Waals surface area (Å²) in [4.78, 5) is 11.3. The van der Waals surface area contributed by atoms with Crippen molar-refractivity contribution >= 4 is 21.6 Å². The molecule has 2 N–H and O–H groups in total. The Kier molecular flexibility index (Phi) is 5.27. The molecular formula is C21H30N2O4S. The van der Waals surface area contributed by atoms with Gasteiger partial charge in [-0.15, -0.1) is 0 Å². The fourth-order valence-corrected chi connectivity index (χ4v) is 6.99. The lowest BCUT2D eigenvalue weighted by atomic mass is 9.54. The van der Waals surface area contributed by atoms with Crippen LogP contribution >= 0.6 is 0 Å². The van der Waals surface area contributed by atoms with Crippen LogP contribution in [0, 0.1) is 17.8 Å². The Balaban J connectivity index is 1.34. The van der Waals surface area contributed by atoms with E-state index in [1.807, 2.05) is 6.92 Å². The lowest BCUT2D eigenvalue weighted by Crippen LogP contribution is -2.53. The van der Waals surface area contributed by atoms with Gasteiger partial charge in [-0.05, 0) is 87.5 Å². The van der Waals surface area contributed by atoms with Crippen LogP contribution in [0.4, 0.5) is 5.69 Å². The predicted octanol–water partition coefficient (Wildman–Crippen LogP) is 3.30. The summed E-state index contributed by atoms with van der Waals surface area (Å²) < 4.78 is 34.3. The minimum absolute atomic E-state index is 0.0282. The second-order valence-corrected chi connectivity index (χ2v) is 10.9. The van der Waals surface area contributed by atoms with E-state index >= 15 is 0 Å². The molecule has 0 radical (unpaired) electrons. The molecule has 7 heteroatoms. The molecule has 4 fully saturated rings. The molecule has 4 saturated carbocycles. The molecule has 1 aromatic carbocycles. The molecule has 6 nitrogen and oxygen atoms in total. The minimum Gasteiger partial charge on any atom is -0.371 e. The van der Waals surface area contributed by atoms with Crippen molar-refractivity contribution < 1.29 is 17.9 Å². The van der Waals surface area contributed by atoms with Crippen LogP contribution in [-0.4, -0.2) is 32.6 Å². The number of sulfonamides is 1. The van der Waals surface area contributed by atoms with Gasteiger partial charge in [0.05, 0.1) is 16.6 Å². The summed E-state index contributed by atoms with van der Waals surface area (Å²) in [5, 5.41) is 2.63. The van der Waals surface area contributed by atoms with Crippen LogP contribution in [0.5, 0.6) is 0 Å². The quantitative estimate of drug-likeness (QED) is 0.728. The van der Waals surface area contributed by atoms with Crippen molar-refractivity contribution in [1.29, 1.82) is 0 Å². The maximum atomic E-state index is 12.6. The second-order valence-electron chi connectivity index (χ2n) is 9.09. The van der Waals surface area contributed by atoms with E-state index < -0.39 is 10.0 Å². The van der Waals surface area contributed by atoms with Gasteiger partial charge in [0.25, 0.3) is 0 Å². The van der Waals surface area contributed by atoms with E-state index in [2.05, 4.69) is 10.0 Å². The summed E-state index contributed by atoms with van der Waals surface area (Å²) >= 11 is 0. The zero-order chi connectivity index (χ0) is 19.9. The van der Waals surface area contributed by atoms with Crippen molar-refractivity contribution in [3.63, 3.8) is 0 Å². The van der Waals surface area contributed by atoms with E-state index in [0.717, 1.165) is 37.0 Å². The largest absolute Gasteiger partial charge is 0.371 e. The zero-order valence-corrected chi connectivity index (χ0v) is 17.4. The van der Waals surface area contributed by atoms with Crippen molar-refractivity contribution in [2.45, 2.75) is 69.0 Å². The van der Waals surface area contributed by atoms with Gasteiger partial charge >= 0.3 is 0 Å². The number of anilines is 1. The third-order valence-corrected chi connectivity index (χ3v) is 7.92. The highest BCUT2D eigenvalue weighted by Crippen LogP contribution is 2.57. The maximum Gasteiger partial charge on any atom is 0.240 e. The highest BCUT2D eigenvalue weighted by molar-refractivity contribution is 7.89. The molecule has 4 aliphatic carbocycles. The minimum atomic E-state index is -3.61. The van der Waals surface area contributed by atoms with Gasteiger partial charge in [-0.3, -0.25) is 4.79 Å². The molecule has 0 saturated heterocycles. The summed E-state index contributed by atoms with van der Waals surface area (Å²) in [6.07, 6.45) is 7.33. The van der Waals surface area contributed by atoms with E-state index in [-0.39, 0.29) is 29.1 Å². The Bertz CT molecular complexity index is 799. The normalized spacial score (nSPS) is 32.3. The van der Waals surface area contributed by atoms with E-state index in [9.17, 15) is 13.2 Å². The van der Waals surface area contributed by atoms with E-state index in [0.29, 0.717) is 5.69 Å². The van der Waals surface area contributed by atoms with Crippen molar-refractivity contribution in [2.24, 2.45) is 17.8 Å². The number of carbonyl (C=O) groups excluding carboxylic acids is 1. The van der Waals surface area contributed by atoms with Crippen molar-refractivity contribution in [3.05, 3.63) is 24.3 Å². The van der Waals surface area contributed by atoms with Gasteiger partial charge in [0.15, 0.2) is 0 Å². The average Bonchev–Trinajstić information content (AvgIpc) is 2.58. The maximum absolute atomic E-state index is 12.6. The zero-order valence-electron chi connectivity index (χ0n) is 16.6. The van der Waals surface area contributed by atoms with Gasteiger partial charge in [-0.1, -0.05) is 0 Å². The van der Waals surface area contributed by atoms with Crippen LogP contribution in [0.25, 0.3) is 0 Å². The fraction of sp³-hybridized carbons (Fsp3) is 0.667. The highest BCUT2D eigenvalue weighted by atomic mass is 32.2. The number of carbonyl (C=O) groups is 1. The second kappa shape index (κ2) is 7.43. The number of ether oxygens (including phenoxy) is 1. The predicted molar refractivity (Wildman–Crippen MR) is 107 cm³/mol. The molecule has 1 aromatic rings. The van der Waals surface area contributed by atoms with E-state index in [1.54, 1.807) is 12.1 Å². The Morgan fingerprint density at radius 1 is 1.11 bits per heavy atom. The molecule has 0 unspecified atom stereocenters. The van der Waals surface area contributed by atoms with Gasteiger partial charge in [0.1, 0.15) is 0 Å². The molecule has 0 aromatic heterocycles. The smallest absolute Gasteiger partial charge is 0.240 e. The van der Waals surface area contributed by atoms with Crippen LogP contribution in [0.2, 0.25) is 0 Å². The highest BCUT2D eigenvalue weighted by Gasteiger charge is 2.52. The summed E-state index contributed by atoms with van der Waals surface area (Å²) in [6.45, 7) is 3.63. The lowest BCUT2D eigenvalue weighted by Gasteiger charge is -2.57.